The van der Waals surface area contributed by atoms with E-state index in [1.165, 1.54) is 154 Å². The van der Waals surface area contributed by atoms with Gasteiger partial charge in [-0.25, -0.2) is 0 Å². The summed E-state index contributed by atoms with van der Waals surface area (Å²) < 4.78 is 0. The van der Waals surface area contributed by atoms with Crippen molar-refractivity contribution >= 4 is 11.8 Å². The van der Waals surface area contributed by atoms with Crippen LogP contribution in [0.2, 0.25) is 0 Å². The zero-order valence-corrected chi connectivity index (χ0v) is 25.3. The molecule has 0 radical (unpaired) electrons. The summed E-state index contributed by atoms with van der Waals surface area (Å²) in [6, 6.07) is 0. The number of unbranched alkanes of at least 4 members (excludes halogenated alkanes) is 22. The number of carboxylic acid groups (broad SMARTS) is 1. The summed E-state index contributed by atoms with van der Waals surface area (Å²) in [6.45, 7) is 6.61. The predicted molar refractivity (Wildman–Crippen MR) is 160 cm³/mol. The highest BCUT2D eigenvalue weighted by molar-refractivity contribution is 5.75. The number of hydrogen-bond acceptors (Lipinski definition) is 3. The van der Waals surface area contributed by atoms with Crippen LogP contribution in [0.4, 0.5) is 0 Å². The molecule has 0 aliphatic carbocycles. The van der Waals surface area contributed by atoms with Crippen LogP contribution < -0.4 is 10.4 Å². The minimum atomic E-state index is -0.903. The van der Waals surface area contributed by atoms with Gasteiger partial charge in [0.15, 0.2) is 0 Å². The summed E-state index contributed by atoms with van der Waals surface area (Å²) in [6.07, 6.45) is 35.8. The first kappa shape index (κ1) is 35.8. The minimum Gasteiger partial charge on any atom is -0.550 e. The monoisotopic (exact) mass is 520 g/mol. The Bertz CT molecular complexity index is 557. The molecular formula is C33H64N2O2. The quantitative estimate of drug-likeness (QED) is 0.116. The van der Waals surface area contributed by atoms with Crippen LogP contribution in [0.3, 0.4) is 0 Å². The SMILES string of the molecule is CCCCCCCCCCCC1=NC(C)=C[NH2+]1.CCCCCCCCCCCCCCCCCC(=O)[O-]. The van der Waals surface area contributed by atoms with E-state index in [9.17, 15) is 9.90 Å². The largest absolute Gasteiger partial charge is 0.550 e. The Hall–Kier alpha value is -1.16. The molecule has 4 heteroatoms. The lowest BCUT2D eigenvalue weighted by molar-refractivity contribution is -0.460. The molecule has 37 heavy (non-hydrogen) atoms. The summed E-state index contributed by atoms with van der Waals surface area (Å²) in [5.41, 5.74) is 1.16. The molecule has 0 amide bonds. The number of allylic oxidation sites excluding steroid dienone is 1. The van der Waals surface area contributed by atoms with Gasteiger partial charge in [0.2, 0.25) is 5.84 Å². The van der Waals surface area contributed by atoms with Crippen molar-refractivity contribution in [2.75, 3.05) is 0 Å². The van der Waals surface area contributed by atoms with Gasteiger partial charge < -0.3 is 9.90 Å². The summed E-state index contributed by atoms with van der Waals surface area (Å²) in [5, 5.41) is 12.4. The van der Waals surface area contributed by atoms with Crippen molar-refractivity contribution in [3.8, 4) is 0 Å². The molecule has 4 nitrogen and oxygen atoms in total. The molecule has 0 unspecified atom stereocenters. The van der Waals surface area contributed by atoms with E-state index in [2.05, 4.69) is 37.3 Å². The van der Waals surface area contributed by atoms with Crippen molar-refractivity contribution in [1.82, 2.24) is 0 Å². The van der Waals surface area contributed by atoms with Crippen molar-refractivity contribution in [2.24, 2.45) is 4.99 Å². The number of carboxylic acids is 1. The van der Waals surface area contributed by atoms with Gasteiger partial charge in [-0.05, 0) is 26.2 Å². The van der Waals surface area contributed by atoms with Gasteiger partial charge >= 0.3 is 0 Å². The fourth-order valence-corrected chi connectivity index (χ4v) is 4.91. The maximum absolute atomic E-state index is 10.2. The van der Waals surface area contributed by atoms with Crippen LogP contribution >= 0.6 is 0 Å². The minimum absolute atomic E-state index is 0.234. The first-order chi connectivity index (χ1) is 18.1. The highest BCUT2D eigenvalue weighted by Gasteiger charge is 2.08. The molecular weight excluding hydrogens is 456 g/mol. The molecule has 1 heterocycles. The van der Waals surface area contributed by atoms with Crippen LogP contribution in [-0.4, -0.2) is 11.8 Å². The van der Waals surface area contributed by atoms with E-state index in [4.69, 9.17) is 0 Å². The molecule has 0 aromatic carbocycles. The molecule has 1 rings (SSSR count). The average Bonchev–Trinajstić information content (AvgIpc) is 3.30. The molecule has 2 N–H and O–H groups in total. The number of rotatable bonds is 26. The fourth-order valence-electron chi connectivity index (χ4n) is 4.91. The summed E-state index contributed by atoms with van der Waals surface area (Å²) in [4.78, 5) is 14.7. The molecule has 1 aliphatic rings. The summed E-state index contributed by atoms with van der Waals surface area (Å²) >= 11 is 0. The number of carbonyl (C=O) groups excluding carboxylic acids is 1. The summed E-state index contributed by atoms with van der Waals surface area (Å²) in [5.74, 6) is 0.380. The number of hydrogen-bond donors (Lipinski definition) is 1. The lowest BCUT2D eigenvalue weighted by atomic mass is 10.0. The Labute approximate surface area is 231 Å². The first-order valence-electron chi connectivity index (χ1n) is 16.4. The lowest BCUT2D eigenvalue weighted by Crippen LogP contribution is -2.80. The average molecular weight is 521 g/mol. The fraction of sp³-hybridized carbons (Fsp3) is 0.879. The molecule has 0 spiro atoms. The van der Waals surface area contributed by atoms with E-state index < -0.39 is 5.97 Å². The highest BCUT2D eigenvalue weighted by atomic mass is 16.4. The number of quaternary nitrogens is 1. The summed E-state index contributed by atoms with van der Waals surface area (Å²) in [7, 11) is 0. The van der Waals surface area contributed by atoms with Gasteiger partial charge in [-0.2, -0.15) is 4.99 Å². The van der Waals surface area contributed by atoms with E-state index in [1.54, 1.807) is 0 Å². The van der Waals surface area contributed by atoms with E-state index in [0.29, 0.717) is 0 Å². The third-order valence-corrected chi connectivity index (χ3v) is 7.36. The molecule has 0 atom stereocenters. The second-order valence-electron chi connectivity index (χ2n) is 11.2. The van der Waals surface area contributed by atoms with Crippen molar-refractivity contribution in [3.63, 3.8) is 0 Å². The molecule has 0 saturated heterocycles. The molecule has 0 aromatic rings. The molecule has 0 bridgehead atoms. The number of nitrogens with zero attached hydrogens (tertiary/aromatic N) is 1. The Kier molecular flexibility index (Phi) is 28.5. The topological polar surface area (TPSA) is 69.1 Å². The molecule has 0 aromatic heterocycles. The first-order valence-corrected chi connectivity index (χ1v) is 16.4. The van der Waals surface area contributed by atoms with Crippen molar-refractivity contribution in [3.05, 3.63) is 11.9 Å². The van der Waals surface area contributed by atoms with Crippen LogP contribution in [0.5, 0.6) is 0 Å². The molecule has 218 valence electrons. The van der Waals surface area contributed by atoms with Gasteiger partial charge in [0, 0.05) is 12.4 Å². The number of carbonyl (C=O) groups is 1. The predicted octanol–water partition coefficient (Wildman–Crippen LogP) is 8.74. The van der Waals surface area contributed by atoms with Crippen LogP contribution in [-0.2, 0) is 4.79 Å². The van der Waals surface area contributed by atoms with Gasteiger partial charge in [0.25, 0.3) is 0 Å². The smallest absolute Gasteiger partial charge is 0.204 e. The Balaban J connectivity index is 0.000000708. The third kappa shape index (κ3) is 29.3. The van der Waals surface area contributed by atoms with Crippen LogP contribution in [0.15, 0.2) is 16.9 Å². The van der Waals surface area contributed by atoms with Crippen LogP contribution in [0, 0.1) is 0 Å². The molecule has 0 fully saturated rings. The normalized spacial score (nSPS) is 12.7. The Morgan fingerprint density at radius 1 is 0.622 bits per heavy atom. The maximum Gasteiger partial charge on any atom is 0.204 e. The van der Waals surface area contributed by atoms with Gasteiger partial charge in [0.05, 0.1) is 5.70 Å². The molecule has 0 saturated carbocycles. The van der Waals surface area contributed by atoms with Gasteiger partial charge in [-0.3, -0.25) is 5.32 Å². The van der Waals surface area contributed by atoms with Crippen molar-refractivity contribution < 1.29 is 15.2 Å². The Morgan fingerprint density at radius 3 is 1.30 bits per heavy atom. The van der Waals surface area contributed by atoms with Crippen LogP contribution in [0.1, 0.15) is 188 Å². The van der Waals surface area contributed by atoms with E-state index in [-0.39, 0.29) is 6.42 Å². The maximum atomic E-state index is 10.2. The number of amidine groups is 1. The van der Waals surface area contributed by atoms with E-state index >= 15 is 0 Å². The third-order valence-electron chi connectivity index (χ3n) is 7.36. The van der Waals surface area contributed by atoms with Crippen molar-refractivity contribution in [1.29, 1.82) is 0 Å². The van der Waals surface area contributed by atoms with Crippen LogP contribution in [0.25, 0.3) is 0 Å². The highest BCUT2D eigenvalue weighted by Crippen LogP contribution is 2.14. The van der Waals surface area contributed by atoms with Gasteiger partial charge in [0.1, 0.15) is 6.20 Å². The Morgan fingerprint density at radius 2 is 0.973 bits per heavy atom. The second-order valence-corrected chi connectivity index (χ2v) is 11.2. The number of nitrogens with two attached hydrogens (primary N) is 1. The van der Waals surface area contributed by atoms with E-state index in [1.807, 2.05) is 0 Å². The lowest BCUT2D eigenvalue weighted by Gasteiger charge is -2.04. The second kappa shape index (κ2) is 29.4. The standard InChI is InChI=1S/C18H36O2.C15H28N2/c1-2-3-4-5-6-7-8-9-10-11-12-13-14-15-16-17-18(19)20;1-3-4-5-6-7-8-9-10-11-12-15-16-13-14(2)17-15/h2-17H2,1H3,(H,19,20);13H,3-12H2,1-2H3,(H,16,17). The van der Waals surface area contributed by atoms with Gasteiger partial charge in [-0.15, -0.1) is 0 Å². The zero-order valence-electron chi connectivity index (χ0n) is 25.3. The number of aliphatic imine (C=N–C) groups is 1. The van der Waals surface area contributed by atoms with Gasteiger partial charge in [-0.1, -0.05) is 155 Å². The van der Waals surface area contributed by atoms with E-state index in [0.717, 1.165) is 18.5 Å². The number of aliphatic carboxylic acids is 1. The zero-order chi connectivity index (χ0) is 27.2. The molecule has 1 aliphatic heterocycles. The van der Waals surface area contributed by atoms with Crippen molar-refractivity contribution in [2.45, 2.75) is 188 Å².